The number of carbonyl (C=O) groups is 2. The molecule has 0 aromatic heterocycles. The van der Waals surface area contributed by atoms with Crippen molar-refractivity contribution in [2.75, 3.05) is 31.5 Å². The molecule has 2 amide bonds. The number of piperazine rings is 1. The Labute approximate surface area is 129 Å². The van der Waals surface area contributed by atoms with Crippen molar-refractivity contribution < 1.29 is 14.0 Å². The normalized spacial score (nSPS) is 15.0. The third-order valence-corrected chi connectivity index (χ3v) is 3.49. The van der Waals surface area contributed by atoms with Crippen LogP contribution in [0.5, 0.6) is 0 Å². The molecule has 2 rings (SSSR count). The van der Waals surface area contributed by atoms with Crippen LogP contribution in [0.2, 0.25) is 0 Å². The monoisotopic (exact) mass is 307 g/mol. The smallest absolute Gasteiger partial charge is 0.254 e. The summed E-state index contributed by atoms with van der Waals surface area (Å²) in [5, 5.41) is 5.70. The second-order valence-electron chi connectivity index (χ2n) is 5.88. The summed E-state index contributed by atoms with van der Waals surface area (Å²) in [6.45, 7) is 6.58. The van der Waals surface area contributed by atoms with Crippen LogP contribution in [0.4, 0.5) is 10.1 Å². The molecule has 1 aromatic rings. The Balaban J connectivity index is 2.05. The Bertz CT molecular complexity index is 554. The van der Waals surface area contributed by atoms with Crippen LogP contribution in [-0.2, 0) is 4.79 Å². The van der Waals surface area contributed by atoms with Crippen LogP contribution >= 0.6 is 0 Å². The maximum Gasteiger partial charge on any atom is 0.254 e. The number of carbonyl (C=O) groups excluding carboxylic acids is 2. The van der Waals surface area contributed by atoms with Crippen LogP contribution in [-0.4, -0.2) is 42.9 Å². The highest BCUT2D eigenvalue weighted by molar-refractivity contribution is 5.96. The summed E-state index contributed by atoms with van der Waals surface area (Å²) >= 11 is 0. The second-order valence-corrected chi connectivity index (χ2v) is 5.88. The maximum absolute atomic E-state index is 14.1. The highest BCUT2D eigenvalue weighted by Crippen LogP contribution is 2.18. The molecule has 6 heteroatoms. The van der Waals surface area contributed by atoms with Crippen molar-refractivity contribution in [3.8, 4) is 0 Å². The molecule has 1 saturated heterocycles. The number of amides is 2. The summed E-state index contributed by atoms with van der Waals surface area (Å²) in [4.78, 5) is 25.7. The molecule has 1 fully saturated rings. The lowest BCUT2D eigenvalue weighted by molar-refractivity contribution is -0.116. The van der Waals surface area contributed by atoms with Gasteiger partial charge in [0.15, 0.2) is 0 Å². The number of hydrogen-bond donors (Lipinski definition) is 2. The number of rotatable bonds is 4. The zero-order valence-corrected chi connectivity index (χ0v) is 13.0. The number of nitrogens with one attached hydrogen (secondary N) is 2. The predicted molar refractivity (Wildman–Crippen MR) is 83.3 cm³/mol. The fraction of sp³-hybridized carbons (Fsp3) is 0.500. The Kier molecular flexibility index (Phi) is 5.49. The molecule has 5 nitrogen and oxygen atoms in total. The van der Waals surface area contributed by atoms with Crippen LogP contribution in [0.3, 0.4) is 0 Å². The molecule has 0 radical (unpaired) electrons. The lowest BCUT2D eigenvalue weighted by Crippen LogP contribution is -2.46. The third-order valence-electron chi connectivity index (χ3n) is 3.49. The average molecular weight is 307 g/mol. The van der Waals surface area contributed by atoms with Crippen LogP contribution in [0.25, 0.3) is 0 Å². The largest absolute Gasteiger partial charge is 0.336 e. The van der Waals surface area contributed by atoms with Gasteiger partial charge < -0.3 is 15.5 Å². The summed E-state index contributed by atoms with van der Waals surface area (Å²) < 4.78 is 14.1. The molecule has 1 heterocycles. The molecule has 2 N–H and O–H groups in total. The van der Waals surface area contributed by atoms with E-state index in [0.29, 0.717) is 25.1 Å². The van der Waals surface area contributed by atoms with Gasteiger partial charge in [-0.05, 0) is 24.1 Å². The summed E-state index contributed by atoms with van der Waals surface area (Å²) in [5.41, 5.74) is 0.420. The molecule has 120 valence electrons. The predicted octanol–water partition coefficient (Wildman–Crippen LogP) is 1.86. The molecule has 0 spiro atoms. The van der Waals surface area contributed by atoms with E-state index >= 15 is 0 Å². The minimum atomic E-state index is -0.585. The van der Waals surface area contributed by atoms with Crippen LogP contribution in [0.1, 0.15) is 30.6 Å². The Morgan fingerprint density at radius 1 is 1.32 bits per heavy atom. The molecule has 0 saturated carbocycles. The van der Waals surface area contributed by atoms with E-state index in [-0.39, 0.29) is 23.4 Å². The first-order valence-corrected chi connectivity index (χ1v) is 7.56. The van der Waals surface area contributed by atoms with Gasteiger partial charge >= 0.3 is 0 Å². The van der Waals surface area contributed by atoms with E-state index in [1.807, 2.05) is 13.8 Å². The number of halogens is 1. The van der Waals surface area contributed by atoms with Gasteiger partial charge in [0, 0.05) is 38.2 Å². The Morgan fingerprint density at radius 2 is 2.00 bits per heavy atom. The highest BCUT2D eigenvalue weighted by Gasteiger charge is 2.19. The van der Waals surface area contributed by atoms with Gasteiger partial charge in [-0.2, -0.15) is 0 Å². The standard InChI is InChI=1S/C16H22FN3O2/c1-11(2)9-15(21)19-14-4-3-12(10-13(14)17)16(22)20-7-5-18-6-8-20/h3-4,10-11,18H,5-9H2,1-2H3,(H,19,21). The van der Waals surface area contributed by atoms with Gasteiger partial charge in [0.05, 0.1) is 5.69 Å². The maximum atomic E-state index is 14.1. The van der Waals surface area contributed by atoms with Gasteiger partial charge in [0.2, 0.25) is 5.91 Å². The lowest BCUT2D eigenvalue weighted by atomic mass is 10.1. The van der Waals surface area contributed by atoms with Crippen LogP contribution < -0.4 is 10.6 Å². The average Bonchev–Trinajstić information content (AvgIpc) is 2.48. The highest BCUT2D eigenvalue weighted by atomic mass is 19.1. The molecule has 1 aliphatic rings. The third kappa shape index (κ3) is 4.27. The summed E-state index contributed by atoms with van der Waals surface area (Å²) in [6.07, 6.45) is 0.334. The van der Waals surface area contributed by atoms with E-state index in [9.17, 15) is 14.0 Å². The Hall–Kier alpha value is -1.95. The summed E-state index contributed by atoms with van der Waals surface area (Å²) in [5.74, 6) is -0.787. The van der Waals surface area contributed by atoms with Crippen LogP contribution in [0, 0.1) is 11.7 Å². The summed E-state index contributed by atoms with van der Waals surface area (Å²) in [6, 6.07) is 4.19. The van der Waals surface area contributed by atoms with Gasteiger partial charge in [-0.25, -0.2) is 4.39 Å². The van der Waals surface area contributed by atoms with Crippen LogP contribution in [0.15, 0.2) is 18.2 Å². The summed E-state index contributed by atoms with van der Waals surface area (Å²) in [7, 11) is 0. The van der Waals surface area contributed by atoms with Crippen molar-refractivity contribution >= 4 is 17.5 Å². The molecule has 0 atom stereocenters. The van der Waals surface area contributed by atoms with E-state index in [0.717, 1.165) is 13.1 Å². The Morgan fingerprint density at radius 3 is 2.59 bits per heavy atom. The second kappa shape index (κ2) is 7.35. The van der Waals surface area contributed by atoms with Crippen molar-refractivity contribution in [2.45, 2.75) is 20.3 Å². The molecule has 1 aromatic carbocycles. The molecule has 22 heavy (non-hydrogen) atoms. The molecular formula is C16H22FN3O2. The zero-order chi connectivity index (χ0) is 16.1. The van der Waals surface area contributed by atoms with Crippen molar-refractivity contribution in [2.24, 2.45) is 5.92 Å². The fourth-order valence-electron chi connectivity index (χ4n) is 2.37. The molecule has 0 bridgehead atoms. The number of benzene rings is 1. The van der Waals surface area contributed by atoms with E-state index in [1.54, 1.807) is 11.0 Å². The van der Waals surface area contributed by atoms with Gasteiger partial charge in [-0.15, -0.1) is 0 Å². The minimum Gasteiger partial charge on any atom is -0.336 e. The van der Waals surface area contributed by atoms with Crippen molar-refractivity contribution in [1.82, 2.24) is 10.2 Å². The minimum absolute atomic E-state index is 0.113. The molecule has 0 aliphatic carbocycles. The first kappa shape index (κ1) is 16.4. The van der Waals surface area contributed by atoms with Crippen molar-refractivity contribution in [3.05, 3.63) is 29.6 Å². The first-order valence-electron chi connectivity index (χ1n) is 7.56. The fourth-order valence-corrected chi connectivity index (χ4v) is 2.37. The number of hydrogen-bond acceptors (Lipinski definition) is 3. The number of nitrogens with zero attached hydrogens (tertiary/aromatic N) is 1. The van der Waals surface area contributed by atoms with Gasteiger partial charge in [-0.1, -0.05) is 13.8 Å². The zero-order valence-electron chi connectivity index (χ0n) is 13.0. The number of anilines is 1. The molecular weight excluding hydrogens is 285 g/mol. The van der Waals surface area contributed by atoms with E-state index in [4.69, 9.17) is 0 Å². The van der Waals surface area contributed by atoms with E-state index < -0.39 is 5.82 Å². The van der Waals surface area contributed by atoms with E-state index in [1.165, 1.54) is 12.1 Å². The van der Waals surface area contributed by atoms with Gasteiger partial charge in [0.1, 0.15) is 5.82 Å². The van der Waals surface area contributed by atoms with Gasteiger partial charge in [0.25, 0.3) is 5.91 Å². The SMILES string of the molecule is CC(C)CC(=O)Nc1ccc(C(=O)N2CCNCC2)cc1F. The lowest BCUT2D eigenvalue weighted by Gasteiger charge is -2.27. The quantitative estimate of drug-likeness (QED) is 0.892. The first-order chi connectivity index (χ1) is 10.5. The molecule has 1 aliphatic heterocycles. The van der Waals surface area contributed by atoms with Crippen molar-refractivity contribution in [3.63, 3.8) is 0 Å². The van der Waals surface area contributed by atoms with Gasteiger partial charge in [-0.3, -0.25) is 9.59 Å². The van der Waals surface area contributed by atoms with E-state index in [2.05, 4.69) is 10.6 Å². The topological polar surface area (TPSA) is 61.4 Å². The molecule has 0 unspecified atom stereocenters. The van der Waals surface area contributed by atoms with Crippen molar-refractivity contribution in [1.29, 1.82) is 0 Å².